The third-order valence-electron chi connectivity index (χ3n) is 4.02. The van der Waals surface area contributed by atoms with Crippen molar-refractivity contribution in [3.63, 3.8) is 0 Å². The maximum atomic E-state index is 12.4. The van der Waals surface area contributed by atoms with Crippen LogP contribution in [0.2, 0.25) is 0 Å². The highest BCUT2D eigenvalue weighted by Gasteiger charge is 2.20. The van der Waals surface area contributed by atoms with Crippen molar-refractivity contribution in [2.75, 3.05) is 0 Å². The topological polar surface area (TPSA) is 97.1 Å². The molecule has 0 aromatic carbocycles. The lowest BCUT2D eigenvalue weighted by atomic mass is 10.2. The fraction of sp³-hybridized carbons (Fsp3) is 0.375. The molecule has 8 nitrogen and oxygen atoms in total. The highest BCUT2D eigenvalue weighted by molar-refractivity contribution is 5.80. The van der Waals surface area contributed by atoms with Gasteiger partial charge in [-0.2, -0.15) is 5.10 Å². The second kappa shape index (κ2) is 5.95. The number of nitrogens with one attached hydrogen (secondary N) is 2. The molecule has 24 heavy (non-hydrogen) atoms. The van der Waals surface area contributed by atoms with E-state index in [4.69, 9.17) is 0 Å². The van der Waals surface area contributed by atoms with E-state index in [0.717, 1.165) is 11.4 Å². The van der Waals surface area contributed by atoms with E-state index in [0.29, 0.717) is 11.3 Å². The molecule has 3 heterocycles. The third-order valence-corrected chi connectivity index (χ3v) is 4.02. The second-order valence-corrected chi connectivity index (χ2v) is 5.98. The molecule has 0 aliphatic heterocycles. The Morgan fingerprint density at radius 3 is 2.71 bits per heavy atom. The van der Waals surface area contributed by atoms with E-state index in [1.807, 2.05) is 19.9 Å². The van der Waals surface area contributed by atoms with Crippen LogP contribution < -0.4 is 10.9 Å². The molecule has 0 aliphatic carbocycles. The number of fused-ring (bicyclic) bond motifs is 1. The number of aromatic amines is 1. The van der Waals surface area contributed by atoms with Crippen molar-refractivity contribution in [3.05, 3.63) is 51.8 Å². The first-order chi connectivity index (χ1) is 11.4. The van der Waals surface area contributed by atoms with E-state index in [-0.39, 0.29) is 17.5 Å². The van der Waals surface area contributed by atoms with Gasteiger partial charge >= 0.3 is 0 Å². The molecule has 3 rings (SSSR count). The number of amides is 1. The maximum Gasteiger partial charge on any atom is 0.272 e. The van der Waals surface area contributed by atoms with Crippen LogP contribution in [-0.2, 0) is 4.79 Å². The summed E-state index contributed by atoms with van der Waals surface area (Å²) in [6, 6.07) is 4.23. The lowest BCUT2D eigenvalue weighted by Crippen LogP contribution is -2.34. The Morgan fingerprint density at radius 1 is 1.29 bits per heavy atom. The van der Waals surface area contributed by atoms with Crippen molar-refractivity contribution in [3.8, 4) is 0 Å². The Labute approximate surface area is 138 Å². The quantitative estimate of drug-likeness (QED) is 0.754. The van der Waals surface area contributed by atoms with Gasteiger partial charge < -0.3 is 5.32 Å². The van der Waals surface area contributed by atoms with Gasteiger partial charge in [0.15, 0.2) is 5.65 Å². The lowest BCUT2D eigenvalue weighted by Gasteiger charge is -2.18. The summed E-state index contributed by atoms with van der Waals surface area (Å²) in [5.41, 5.74) is 2.60. The molecule has 0 saturated heterocycles. The Hall–Kier alpha value is -2.90. The molecular weight excluding hydrogens is 308 g/mol. The van der Waals surface area contributed by atoms with E-state index >= 15 is 0 Å². The highest BCUT2D eigenvalue weighted by atomic mass is 16.2. The molecule has 2 N–H and O–H groups in total. The van der Waals surface area contributed by atoms with Crippen LogP contribution in [0.3, 0.4) is 0 Å². The summed E-state index contributed by atoms with van der Waals surface area (Å²) in [4.78, 5) is 29.0. The average Bonchev–Trinajstić information content (AvgIpc) is 3.11. The van der Waals surface area contributed by atoms with Crippen LogP contribution in [0.25, 0.3) is 5.65 Å². The second-order valence-electron chi connectivity index (χ2n) is 5.98. The SMILES string of the molecule is Cc1cc2nc([C@@H](C)NC(=O)[C@H](C)n3nccc3C)cc(=O)n2[nH]1. The highest BCUT2D eigenvalue weighted by Crippen LogP contribution is 2.13. The standard InChI is InChI=1S/C16H20N6O2/c1-9-7-14-19-13(8-15(23)22(14)20-9)11(3)18-16(24)12(4)21-10(2)5-6-17-21/h5-8,11-12,20H,1-4H3,(H,18,24)/t11-,12+/m1/s1. The van der Waals surface area contributed by atoms with Crippen LogP contribution >= 0.6 is 0 Å². The number of carbonyl (C=O) groups is 1. The summed E-state index contributed by atoms with van der Waals surface area (Å²) in [7, 11) is 0. The number of aromatic nitrogens is 5. The van der Waals surface area contributed by atoms with Crippen LogP contribution in [0.4, 0.5) is 0 Å². The van der Waals surface area contributed by atoms with Gasteiger partial charge in [-0.05, 0) is 33.8 Å². The maximum absolute atomic E-state index is 12.4. The average molecular weight is 328 g/mol. The van der Waals surface area contributed by atoms with E-state index in [9.17, 15) is 9.59 Å². The van der Waals surface area contributed by atoms with Crippen LogP contribution in [0.15, 0.2) is 29.2 Å². The smallest absolute Gasteiger partial charge is 0.272 e. The minimum atomic E-state index is -0.443. The van der Waals surface area contributed by atoms with Gasteiger partial charge in [-0.15, -0.1) is 0 Å². The first-order valence-electron chi connectivity index (χ1n) is 7.76. The zero-order valence-electron chi connectivity index (χ0n) is 14.1. The lowest BCUT2D eigenvalue weighted by molar-refractivity contribution is -0.124. The summed E-state index contributed by atoms with van der Waals surface area (Å²) in [5.74, 6) is -0.179. The Bertz CT molecular complexity index is 951. The molecule has 0 spiro atoms. The molecule has 3 aromatic heterocycles. The van der Waals surface area contributed by atoms with Crippen LogP contribution in [0.1, 0.15) is 43.0 Å². The van der Waals surface area contributed by atoms with Gasteiger partial charge in [0.2, 0.25) is 5.91 Å². The zero-order chi connectivity index (χ0) is 17.4. The van der Waals surface area contributed by atoms with Gasteiger partial charge in [0.25, 0.3) is 5.56 Å². The van der Waals surface area contributed by atoms with Crippen molar-refractivity contribution in [2.45, 2.75) is 39.8 Å². The molecule has 3 aromatic rings. The summed E-state index contributed by atoms with van der Waals surface area (Å²) < 4.78 is 3.03. The Balaban J connectivity index is 1.82. The molecule has 0 bridgehead atoms. The fourth-order valence-electron chi connectivity index (χ4n) is 2.66. The Kier molecular flexibility index (Phi) is 3.96. The van der Waals surface area contributed by atoms with Crippen LogP contribution in [0.5, 0.6) is 0 Å². The van der Waals surface area contributed by atoms with Crippen LogP contribution in [-0.4, -0.2) is 30.3 Å². The predicted molar refractivity (Wildman–Crippen MR) is 88.8 cm³/mol. The van der Waals surface area contributed by atoms with Crippen molar-refractivity contribution in [2.24, 2.45) is 0 Å². The summed E-state index contributed by atoms with van der Waals surface area (Å²) in [5, 5.41) is 9.97. The van der Waals surface area contributed by atoms with Gasteiger partial charge in [0.1, 0.15) is 6.04 Å². The van der Waals surface area contributed by atoms with Crippen molar-refractivity contribution < 1.29 is 4.79 Å². The number of hydrogen-bond donors (Lipinski definition) is 2. The molecular formula is C16H20N6O2. The van der Waals surface area contributed by atoms with Gasteiger partial charge in [-0.1, -0.05) is 0 Å². The summed E-state index contributed by atoms with van der Waals surface area (Å²) in [6.07, 6.45) is 1.66. The van der Waals surface area contributed by atoms with Crippen molar-refractivity contribution in [1.82, 2.24) is 29.7 Å². The Morgan fingerprint density at radius 2 is 2.04 bits per heavy atom. The van der Waals surface area contributed by atoms with Gasteiger partial charge in [-0.3, -0.25) is 19.4 Å². The summed E-state index contributed by atoms with van der Waals surface area (Å²) >= 11 is 0. The first kappa shape index (κ1) is 16.0. The van der Waals surface area contributed by atoms with Gasteiger partial charge in [-0.25, -0.2) is 9.50 Å². The molecule has 0 unspecified atom stereocenters. The van der Waals surface area contributed by atoms with E-state index in [1.165, 1.54) is 10.6 Å². The van der Waals surface area contributed by atoms with E-state index in [2.05, 4.69) is 20.5 Å². The number of carbonyl (C=O) groups excluding carboxylic acids is 1. The molecule has 1 amide bonds. The molecule has 0 fully saturated rings. The molecule has 8 heteroatoms. The predicted octanol–water partition coefficient (Wildman–Crippen LogP) is 1.27. The minimum Gasteiger partial charge on any atom is -0.346 e. The first-order valence-corrected chi connectivity index (χ1v) is 7.76. The third kappa shape index (κ3) is 2.82. The minimum absolute atomic E-state index is 0.179. The van der Waals surface area contributed by atoms with Gasteiger partial charge in [0, 0.05) is 29.7 Å². The normalized spacial score (nSPS) is 13.8. The van der Waals surface area contributed by atoms with Crippen molar-refractivity contribution >= 4 is 11.6 Å². The van der Waals surface area contributed by atoms with Gasteiger partial charge in [0.05, 0.1) is 11.7 Å². The molecule has 0 saturated carbocycles. The number of nitrogens with zero attached hydrogens (tertiary/aromatic N) is 4. The number of H-pyrrole nitrogens is 1. The monoisotopic (exact) mass is 328 g/mol. The molecule has 2 atom stereocenters. The van der Waals surface area contributed by atoms with Crippen molar-refractivity contribution in [1.29, 1.82) is 0 Å². The fourth-order valence-corrected chi connectivity index (χ4v) is 2.66. The number of rotatable bonds is 4. The zero-order valence-corrected chi connectivity index (χ0v) is 14.1. The van der Waals surface area contributed by atoms with E-state index < -0.39 is 6.04 Å². The molecule has 0 radical (unpaired) electrons. The van der Waals surface area contributed by atoms with E-state index in [1.54, 1.807) is 30.8 Å². The largest absolute Gasteiger partial charge is 0.346 e. The van der Waals surface area contributed by atoms with Crippen LogP contribution in [0, 0.1) is 13.8 Å². The summed E-state index contributed by atoms with van der Waals surface area (Å²) in [6.45, 7) is 7.33. The molecule has 126 valence electrons. The number of aryl methyl sites for hydroxylation is 2. The number of hydrogen-bond acceptors (Lipinski definition) is 4. The molecule has 0 aliphatic rings.